The summed E-state index contributed by atoms with van der Waals surface area (Å²) in [7, 11) is -3.04. The van der Waals surface area contributed by atoms with Gasteiger partial charge in [0.25, 0.3) is 0 Å². The van der Waals surface area contributed by atoms with E-state index < -0.39 is 15.9 Å². The molecule has 0 aromatic carbocycles. The topological polar surface area (TPSA) is 110 Å². The second kappa shape index (κ2) is 8.25. The first-order valence-electron chi connectivity index (χ1n) is 1.77. The van der Waals surface area contributed by atoms with Gasteiger partial charge in [0, 0.05) is 7.11 Å². The summed E-state index contributed by atoms with van der Waals surface area (Å²) in [6.07, 6.45) is 0. The van der Waals surface area contributed by atoms with E-state index in [0.717, 1.165) is 0 Å². The van der Waals surface area contributed by atoms with E-state index in [0.29, 0.717) is 0 Å². The summed E-state index contributed by atoms with van der Waals surface area (Å²) >= 11 is 0. The predicted octanol–water partition coefficient (Wildman–Crippen LogP) is -2.21. The Morgan fingerprint density at radius 3 is 1.33 bits per heavy atom. The van der Waals surface area contributed by atoms with Gasteiger partial charge in [0.1, 0.15) is 0 Å². The molecule has 0 amide bonds. The third-order valence-corrected chi connectivity index (χ3v) is 0.490. The van der Waals surface area contributed by atoms with Crippen molar-refractivity contribution in [3.05, 3.63) is 0 Å². The highest BCUT2D eigenvalue weighted by Gasteiger charge is 1.92. The highest BCUT2D eigenvalue weighted by molar-refractivity contribution is 7.39. The molecule has 0 atom stereocenters. The van der Waals surface area contributed by atoms with E-state index in [1.165, 1.54) is 7.11 Å². The van der Waals surface area contributed by atoms with Crippen molar-refractivity contribution in [3.8, 4) is 0 Å². The van der Waals surface area contributed by atoms with E-state index in [1.807, 2.05) is 0 Å². The summed E-state index contributed by atoms with van der Waals surface area (Å²) in [6, 6.07) is 0. The van der Waals surface area contributed by atoms with Crippen LogP contribution in [0, 0.1) is 0 Å². The fraction of sp³-hybridized carbons (Fsp3) is 1.00. The third kappa shape index (κ3) is 63.5. The van der Waals surface area contributed by atoms with E-state index in [4.69, 9.17) is 24.9 Å². The van der Waals surface area contributed by atoms with Gasteiger partial charge in [-0.1, -0.05) is 0 Å². The van der Waals surface area contributed by atoms with E-state index in [2.05, 4.69) is 4.52 Å². The molecular formula is CH8BO6P. The first kappa shape index (κ1) is 12.0. The monoisotopic (exact) mass is 158 g/mol. The number of rotatable bonds is 1. The van der Waals surface area contributed by atoms with Crippen LogP contribution in [0.25, 0.3) is 0 Å². The molecule has 0 fully saturated rings. The lowest BCUT2D eigenvalue weighted by Crippen LogP contribution is -2.07. The molecule has 0 heterocycles. The van der Waals surface area contributed by atoms with Crippen molar-refractivity contribution in [1.82, 2.24) is 0 Å². The SMILES string of the molecule is COP(O)O.OB(O)O. The molecule has 5 N–H and O–H groups in total. The minimum Gasteiger partial charge on any atom is -0.402 e. The highest BCUT2D eigenvalue weighted by atomic mass is 31.2. The van der Waals surface area contributed by atoms with Gasteiger partial charge < -0.3 is 29.4 Å². The molecule has 8 heteroatoms. The zero-order chi connectivity index (χ0) is 7.86. The average Bonchev–Trinajstić information content (AvgIpc) is 1.65. The van der Waals surface area contributed by atoms with E-state index >= 15 is 0 Å². The van der Waals surface area contributed by atoms with Crippen LogP contribution in [0.4, 0.5) is 0 Å². The smallest absolute Gasteiger partial charge is 0.402 e. The Kier molecular flexibility index (Phi) is 11.0. The van der Waals surface area contributed by atoms with Gasteiger partial charge in [-0.2, -0.15) is 0 Å². The molecule has 6 nitrogen and oxygen atoms in total. The van der Waals surface area contributed by atoms with Crippen molar-refractivity contribution < 1.29 is 29.4 Å². The van der Waals surface area contributed by atoms with Gasteiger partial charge in [0.2, 0.25) is 0 Å². The van der Waals surface area contributed by atoms with Crippen molar-refractivity contribution in [3.63, 3.8) is 0 Å². The summed E-state index contributed by atoms with van der Waals surface area (Å²) in [5.41, 5.74) is 0. The Labute approximate surface area is 53.5 Å². The molecule has 9 heavy (non-hydrogen) atoms. The van der Waals surface area contributed by atoms with E-state index in [-0.39, 0.29) is 0 Å². The lowest BCUT2D eigenvalue weighted by Gasteiger charge is -1.89. The molecule has 0 aliphatic heterocycles. The van der Waals surface area contributed by atoms with Gasteiger partial charge in [-0.3, -0.25) is 0 Å². The van der Waals surface area contributed by atoms with Crippen LogP contribution in [0.1, 0.15) is 0 Å². The fourth-order valence-electron chi connectivity index (χ4n) is 0. The largest absolute Gasteiger partial charge is 0.631 e. The van der Waals surface area contributed by atoms with Gasteiger partial charge in [-0.05, 0) is 0 Å². The molecule has 0 spiro atoms. The van der Waals surface area contributed by atoms with Crippen molar-refractivity contribution in [2.45, 2.75) is 0 Å². The third-order valence-electron chi connectivity index (χ3n) is 0.163. The van der Waals surface area contributed by atoms with Crippen LogP contribution in [0.2, 0.25) is 0 Å². The molecule has 0 aromatic rings. The summed E-state index contributed by atoms with van der Waals surface area (Å²) in [5.74, 6) is 0. The van der Waals surface area contributed by atoms with Gasteiger partial charge in [-0.25, -0.2) is 0 Å². The summed E-state index contributed by atoms with van der Waals surface area (Å²) in [6.45, 7) is 0. The Morgan fingerprint density at radius 1 is 1.22 bits per heavy atom. The first-order chi connectivity index (χ1) is 4.00. The van der Waals surface area contributed by atoms with Crippen molar-refractivity contribution in [1.29, 1.82) is 0 Å². The molecule has 0 aliphatic carbocycles. The minimum absolute atomic E-state index is 1.23. The maximum atomic E-state index is 7.76. The summed E-state index contributed by atoms with van der Waals surface area (Å²) in [5, 5.41) is 21.5. The second-order valence-electron chi connectivity index (χ2n) is 0.782. The Balaban J connectivity index is 0. The van der Waals surface area contributed by atoms with Crippen LogP contribution in [-0.2, 0) is 4.52 Å². The van der Waals surface area contributed by atoms with Gasteiger partial charge in [0.05, 0.1) is 0 Å². The summed E-state index contributed by atoms with van der Waals surface area (Å²) < 4.78 is 3.93. The molecule has 0 bridgehead atoms. The van der Waals surface area contributed by atoms with Gasteiger partial charge in [0.15, 0.2) is 0 Å². The van der Waals surface area contributed by atoms with Crippen LogP contribution in [0.5, 0.6) is 0 Å². The van der Waals surface area contributed by atoms with Gasteiger partial charge >= 0.3 is 15.9 Å². The van der Waals surface area contributed by atoms with E-state index in [1.54, 1.807) is 0 Å². The summed E-state index contributed by atoms with van der Waals surface area (Å²) in [4.78, 5) is 15.5. The zero-order valence-corrected chi connectivity index (χ0v) is 5.56. The molecule has 56 valence electrons. The first-order valence-corrected chi connectivity index (χ1v) is 2.93. The molecule has 0 rings (SSSR count). The molecule has 0 saturated carbocycles. The van der Waals surface area contributed by atoms with Gasteiger partial charge in [-0.15, -0.1) is 0 Å². The molecule has 0 saturated heterocycles. The second-order valence-corrected chi connectivity index (χ2v) is 1.65. The number of hydrogen-bond acceptors (Lipinski definition) is 6. The lowest BCUT2D eigenvalue weighted by molar-refractivity contribution is 0.278. The van der Waals surface area contributed by atoms with Crippen molar-refractivity contribution in [2.75, 3.05) is 7.11 Å². The van der Waals surface area contributed by atoms with Crippen LogP contribution >= 0.6 is 8.60 Å². The predicted molar refractivity (Wildman–Crippen MR) is 30.8 cm³/mol. The molecule has 0 unspecified atom stereocenters. The average molecular weight is 158 g/mol. The van der Waals surface area contributed by atoms with Crippen LogP contribution in [0.15, 0.2) is 0 Å². The van der Waals surface area contributed by atoms with Crippen molar-refractivity contribution >= 4 is 15.9 Å². The zero-order valence-electron chi connectivity index (χ0n) is 4.67. The fourth-order valence-corrected chi connectivity index (χ4v) is 0. The normalized spacial score (nSPS) is 8.33. The highest BCUT2D eigenvalue weighted by Crippen LogP contribution is 2.20. The minimum atomic E-state index is -2.17. The Morgan fingerprint density at radius 2 is 1.33 bits per heavy atom. The van der Waals surface area contributed by atoms with E-state index in [9.17, 15) is 0 Å². The maximum Gasteiger partial charge on any atom is 0.631 e. The van der Waals surface area contributed by atoms with Crippen LogP contribution < -0.4 is 0 Å². The maximum absolute atomic E-state index is 7.76. The van der Waals surface area contributed by atoms with Crippen LogP contribution in [-0.4, -0.2) is 39.3 Å². The Bertz CT molecular complexity index is 45.6. The van der Waals surface area contributed by atoms with Crippen molar-refractivity contribution in [2.24, 2.45) is 0 Å². The molecule has 0 aliphatic rings. The molecule has 0 radical (unpaired) electrons. The number of hydrogen-bond donors (Lipinski definition) is 5. The lowest BCUT2D eigenvalue weighted by atomic mass is 10.3. The Hall–Kier alpha value is 0.255. The van der Waals surface area contributed by atoms with Crippen LogP contribution in [0.3, 0.4) is 0 Å². The molecule has 0 aromatic heterocycles. The standard InChI is InChI=1S/CH5O3P.BH3O3/c1-4-5(2)3;2-1(3)4/h2-3H,1H3;2-4H. The molecular weight excluding hydrogens is 150 g/mol. The quantitative estimate of drug-likeness (QED) is 0.218.